The van der Waals surface area contributed by atoms with Crippen LogP contribution in [0, 0.1) is 5.92 Å². The van der Waals surface area contributed by atoms with Crippen LogP contribution in [0.5, 0.6) is 0 Å². The molecule has 0 amide bonds. The van der Waals surface area contributed by atoms with Gasteiger partial charge in [-0.1, -0.05) is 84.3 Å². The molecule has 0 saturated heterocycles. The summed E-state index contributed by atoms with van der Waals surface area (Å²) in [5.74, 6) is 0.748. The van der Waals surface area contributed by atoms with Crippen molar-refractivity contribution in [2.24, 2.45) is 5.92 Å². The van der Waals surface area contributed by atoms with Crippen LogP contribution >= 0.6 is 0 Å². The molecule has 0 heterocycles. The van der Waals surface area contributed by atoms with E-state index in [0.717, 1.165) is 5.92 Å². The standard InChI is InChI=1S/C17H34/c1-5-7-9-11-13-15-17(4)16(3)14-12-10-8-6-2/h17H,3,5-15H2,1-2,4H3. The van der Waals surface area contributed by atoms with Crippen LogP contribution in [0.2, 0.25) is 0 Å². The fraction of sp³-hybridized carbons (Fsp3) is 0.882. The lowest BCUT2D eigenvalue weighted by Gasteiger charge is -2.14. The van der Waals surface area contributed by atoms with E-state index in [9.17, 15) is 0 Å². The second-order valence-corrected chi connectivity index (χ2v) is 5.57. The summed E-state index contributed by atoms with van der Waals surface area (Å²) in [5.41, 5.74) is 1.50. The minimum Gasteiger partial charge on any atom is -0.0996 e. The molecule has 0 aliphatic heterocycles. The zero-order valence-corrected chi connectivity index (χ0v) is 12.6. The van der Waals surface area contributed by atoms with Crippen LogP contribution in [0.4, 0.5) is 0 Å². The number of allylic oxidation sites excluding steroid dienone is 1. The molecule has 1 unspecified atom stereocenters. The second-order valence-electron chi connectivity index (χ2n) is 5.57. The molecule has 0 spiro atoms. The van der Waals surface area contributed by atoms with Crippen molar-refractivity contribution in [3.05, 3.63) is 12.2 Å². The third-order valence-corrected chi connectivity index (χ3v) is 3.79. The van der Waals surface area contributed by atoms with Gasteiger partial charge in [0.25, 0.3) is 0 Å². The fourth-order valence-corrected chi connectivity index (χ4v) is 2.28. The molecule has 1 atom stereocenters. The first-order valence-corrected chi connectivity index (χ1v) is 7.90. The van der Waals surface area contributed by atoms with Gasteiger partial charge in [-0.05, 0) is 25.2 Å². The van der Waals surface area contributed by atoms with Crippen molar-refractivity contribution >= 4 is 0 Å². The van der Waals surface area contributed by atoms with Gasteiger partial charge in [-0.25, -0.2) is 0 Å². The second kappa shape index (κ2) is 12.2. The van der Waals surface area contributed by atoms with Gasteiger partial charge in [0, 0.05) is 0 Å². The molecule has 0 aliphatic rings. The first kappa shape index (κ1) is 16.7. The van der Waals surface area contributed by atoms with E-state index < -0.39 is 0 Å². The van der Waals surface area contributed by atoms with Crippen LogP contribution in [0.25, 0.3) is 0 Å². The summed E-state index contributed by atoms with van der Waals surface area (Å²) < 4.78 is 0. The molecule has 0 aromatic carbocycles. The summed E-state index contributed by atoms with van der Waals surface area (Å²) in [7, 11) is 0. The lowest BCUT2D eigenvalue weighted by Crippen LogP contribution is -1.99. The molecule has 0 rings (SSSR count). The number of rotatable bonds is 12. The molecule has 0 fully saturated rings. The molecule has 17 heavy (non-hydrogen) atoms. The largest absolute Gasteiger partial charge is 0.0996 e. The Balaban J connectivity index is 3.40. The van der Waals surface area contributed by atoms with E-state index in [1.807, 2.05) is 0 Å². The summed E-state index contributed by atoms with van der Waals surface area (Å²) in [6.07, 6.45) is 15.1. The molecule has 0 heteroatoms. The predicted octanol–water partition coefficient (Wildman–Crippen LogP) is 6.51. The highest BCUT2D eigenvalue weighted by atomic mass is 14.1. The Labute approximate surface area is 110 Å². The highest BCUT2D eigenvalue weighted by Gasteiger charge is 2.06. The fourth-order valence-electron chi connectivity index (χ4n) is 2.28. The summed E-state index contributed by atoms with van der Waals surface area (Å²) in [6, 6.07) is 0. The smallest absolute Gasteiger partial charge is 0.0234 e. The van der Waals surface area contributed by atoms with Gasteiger partial charge in [-0.2, -0.15) is 0 Å². The Bertz CT molecular complexity index is 169. The monoisotopic (exact) mass is 238 g/mol. The highest BCUT2D eigenvalue weighted by Crippen LogP contribution is 2.22. The quantitative estimate of drug-likeness (QED) is 0.268. The van der Waals surface area contributed by atoms with Gasteiger partial charge in [0.2, 0.25) is 0 Å². The molecule has 0 bridgehead atoms. The van der Waals surface area contributed by atoms with Gasteiger partial charge in [0.05, 0.1) is 0 Å². The third-order valence-electron chi connectivity index (χ3n) is 3.79. The van der Waals surface area contributed by atoms with Crippen LogP contribution in [0.1, 0.15) is 91.4 Å². The number of hydrogen-bond acceptors (Lipinski definition) is 0. The number of unbranched alkanes of at least 4 members (excludes halogenated alkanes) is 7. The van der Waals surface area contributed by atoms with Crippen LogP contribution in [0.15, 0.2) is 12.2 Å². The maximum atomic E-state index is 4.27. The first-order chi connectivity index (χ1) is 8.22. The molecular formula is C17H34. The Kier molecular flexibility index (Phi) is 12.0. The Morgan fingerprint density at radius 1 is 0.824 bits per heavy atom. The highest BCUT2D eigenvalue weighted by molar-refractivity contribution is 4.98. The normalized spacial score (nSPS) is 12.6. The lowest BCUT2D eigenvalue weighted by molar-refractivity contribution is 0.516. The van der Waals surface area contributed by atoms with Crippen molar-refractivity contribution in [3.8, 4) is 0 Å². The van der Waals surface area contributed by atoms with E-state index in [4.69, 9.17) is 0 Å². The average Bonchev–Trinajstić information content (AvgIpc) is 2.34. The minimum absolute atomic E-state index is 0.748. The minimum atomic E-state index is 0.748. The molecule has 0 nitrogen and oxygen atoms in total. The summed E-state index contributed by atoms with van der Waals surface area (Å²) in [6.45, 7) is 11.2. The average molecular weight is 238 g/mol. The predicted molar refractivity (Wildman–Crippen MR) is 80.4 cm³/mol. The van der Waals surface area contributed by atoms with Crippen molar-refractivity contribution in [3.63, 3.8) is 0 Å². The SMILES string of the molecule is C=C(CCCCCC)C(C)CCCCCCC. The molecule has 0 aliphatic carbocycles. The third kappa shape index (κ3) is 10.6. The molecule has 0 N–H and O–H groups in total. The van der Waals surface area contributed by atoms with Gasteiger partial charge in [0.15, 0.2) is 0 Å². The van der Waals surface area contributed by atoms with E-state index in [1.165, 1.54) is 76.2 Å². The first-order valence-electron chi connectivity index (χ1n) is 7.90. The summed E-state index contributed by atoms with van der Waals surface area (Å²) in [4.78, 5) is 0. The van der Waals surface area contributed by atoms with E-state index >= 15 is 0 Å². The van der Waals surface area contributed by atoms with Crippen molar-refractivity contribution in [2.75, 3.05) is 0 Å². The van der Waals surface area contributed by atoms with Crippen molar-refractivity contribution in [1.29, 1.82) is 0 Å². The van der Waals surface area contributed by atoms with Gasteiger partial charge in [-0.3, -0.25) is 0 Å². The summed E-state index contributed by atoms with van der Waals surface area (Å²) in [5, 5.41) is 0. The molecule has 0 aromatic rings. The van der Waals surface area contributed by atoms with Gasteiger partial charge < -0.3 is 0 Å². The van der Waals surface area contributed by atoms with E-state index in [2.05, 4.69) is 27.4 Å². The van der Waals surface area contributed by atoms with Crippen LogP contribution < -0.4 is 0 Å². The molecular weight excluding hydrogens is 204 g/mol. The maximum absolute atomic E-state index is 4.27. The van der Waals surface area contributed by atoms with Crippen LogP contribution in [0.3, 0.4) is 0 Å². The van der Waals surface area contributed by atoms with E-state index in [0.29, 0.717) is 0 Å². The lowest BCUT2D eigenvalue weighted by atomic mass is 9.92. The topological polar surface area (TPSA) is 0 Å². The van der Waals surface area contributed by atoms with Crippen molar-refractivity contribution in [2.45, 2.75) is 91.4 Å². The van der Waals surface area contributed by atoms with E-state index in [-0.39, 0.29) is 0 Å². The Morgan fingerprint density at radius 2 is 1.35 bits per heavy atom. The zero-order valence-electron chi connectivity index (χ0n) is 12.6. The van der Waals surface area contributed by atoms with Crippen molar-refractivity contribution in [1.82, 2.24) is 0 Å². The van der Waals surface area contributed by atoms with Crippen LogP contribution in [-0.4, -0.2) is 0 Å². The van der Waals surface area contributed by atoms with Crippen molar-refractivity contribution < 1.29 is 0 Å². The molecule has 0 radical (unpaired) electrons. The Morgan fingerprint density at radius 3 is 1.94 bits per heavy atom. The molecule has 0 saturated carbocycles. The maximum Gasteiger partial charge on any atom is -0.0234 e. The van der Waals surface area contributed by atoms with Gasteiger partial charge >= 0.3 is 0 Å². The molecule has 102 valence electrons. The van der Waals surface area contributed by atoms with Crippen LogP contribution in [-0.2, 0) is 0 Å². The van der Waals surface area contributed by atoms with E-state index in [1.54, 1.807) is 0 Å². The summed E-state index contributed by atoms with van der Waals surface area (Å²) >= 11 is 0. The van der Waals surface area contributed by atoms with Gasteiger partial charge in [-0.15, -0.1) is 0 Å². The molecule has 0 aromatic heterocycles. The number of hydrogen-bond donors (Lipinski definition) is 0. The zero-order chi connectivity index (χ0) is 12.9. The van der Waals surface area contributed by atoms with Gasteiger partial charge in [0.1, 0.15) is 0 Å². The Hall–Kier alpha value is -0.260.